The molecular weight excluding hydrogens is 248 g/mol. The first-order chi connectivity index (χ1) is 9.69. The summed E-state index contributed by atoms with van der Waals surface area (Å²) in [5.74, 6) is 1.67. The van der Waals surface area contributed by atoms with E-state index in [1.165, 1.54) is 18.4 Å². The van der Waals surface area contributed by atoms with Crippen molar-refractivity contribution < 1.29 is 4.74 Å². The van der Waals surface area contributed by atoms with E-state index in [2.05, 4.69) is 30.9 Å². The van der Waals surface area contributed by atoms with Crippen LogP contribution < -0.4 is 10.5 Å². The van der Waals surface area contributed by atoms with Crippen molar-refractivity contribution in [2.45, 2.75) is 39.2 Å². The summed E-state index contributed by atoms with van der Waals surface area (Å²) in [5, 5.41) is 0. The van der Waals surface area contributed by atoms with Crippen molar-refractivity contribution in [3.63, 3.8) is 0 Å². The van der Waals surface area contributed by atoms with Gasteiger partial charge in [-0.3, -0.25) is 0 Å². The van der Waals surface area contributed by atoms with Crippen LogP contribution in [0, 0.1) is 12.8 Å². The first-order valence-corrected chi connectivity index (χ1v) is 7.82. The summed E-state index contributed by atoms with van der Waals surface area (Å²) >= 11 is 0. The molecule has 2 unspecified atom stereocenters. The molecule has 3 nitrogen and oxygen atoms in total. The molecule has 1 saturated heterocycles. The maximum absolute atomic E-state index is 5.81. The highest BCUT2D eigenvalue weighted by atomic mass is 16.5. The molecule has 0 aliphatic carbocycles. The van der Waals surface area contributed by atoms with Crippen LogP contribution in [0.3, 0.4) is 0 Å². The molecule has 0 saturated carbocycles. The molecule has 20 heavy (non-hydrogen) atoms. The molecule has 1 aliphatic heterocycles. The maximum atomic E-state index is 5.81. The van der Waals surface area contributed by atoms with E-state index in [4.69, 9.17) is 10.5 Å². The summed E-state index contributed by atoms with van der Waals surface area (Å²) in [7, 11) is 0. The first kappa shape index (κ1) is 15.3. The molecule has 3 heteroatoms. The lowest BCUT2D eigenvalue weighted by molar-refractivity contribution is 0.113. The predicted molar refractivity (Wildman–Crippen MR) is 84.1 cm³/mol. The van der Waals surface area contributed by atoms with Crippen LogP contribution >= 0.6 is 0 Å². The second-order valence-corrected chi connectivity index (χ2v) is 6.04. The van der Waals surface area contributed by atoms with Crippen molar-refractivity contribution in [1.29, 1.82) is 0 Å². The van der Waals surface area contributed by atoms with Gasteiger partial charge in [-0.2, -0.15) is 0 Å². The molecule has 0 aromatic heterocycles. The molecule has 2 atom stereocenters. The van der Waals surface area contributed by atoms with Gasteiger partial charge in [-0.25, -0.2) is 0 Å². The topological polar surface area (TPSA) is 38.5 Å². The minimum Gasteiger partial charge on any atom is -0.494 e. The highest BCUT2D eigenvalue weighted by molar-refractivity contribution is 5.27. The van der Waals surface area contributed by atoms with Gasteiger partial charge in [-0.1, -0.05) is 12.1 Å². The van der Waals surface area contributed by atoms with Gasteiger partial charge in [0.2, 0.25) is 0 Å². The van der Waals surface area contributed by atoms with Crippen molar-refractivity contribution in [2.75, 3.05) is 26.2 Å². The number of nitrogens with two attached hydrogens (primary N) is 1. The summed E-state index contributed by atoms with van der Waals surface area (Å²) in [6.45, 7) is 8.30. The monoisotopic (exact) mass is 276 g/mol. The number of rotatable bonds is 6. The summed E-state index contributed by atoms with van der Waals surface area (Å²) in [5.41, 5.74) is 7.05. The lowest BCUT2D eigenvalue weighted by Crippen LogP contribution is -2.44. The summed E-state index contributed by atoms with van der Waals surface area (Å²) < 4.78 is 5.81. The van der Waals surface area contributed by atoms with E-state index in [1.807, 2.05) is 12.1 Å². The molecule has 112 valence electrons. The van der Waals surface area contributed by atoms with Gasteiger partial charge in [0.15, 0.2) is 0 Å². The number of hydrogen-bond donors (Lipinski definition) is 1. The Balaban J connectivity index is 1.69. The van der Waals surface area contributed by atoms with Crippen molar-refractivity contribution in [1.82, 2.24) is 4.90 Å². The Kier molecular flexibility index (Phi) is 5.86. The fraction of sp³-hybridized carbons (Fsp3) is 0.647. The molecule has 0 spiro atoms. The number of piperidine rings is 1. The van der Waals surface area contributed by atoms with Crippen LogP contribution in [-0.2, 0) is 0 Å². The van der Waals surface area contributed by atoms with Gasteiger partial charge in [-0.05, 0) is 63.3 Å². The minimum absolute atomic E-state index is 0.684. The largest absolute Gasteiger partial charge is 0.494 e. The second kappa shape index (κ2) is 7.65. The van der Waals surface area contributed by atoms with Crippen LogP contribution in [0.15, 0.2) is 24.3 Å². The summed E-state index contributed by atoms with van der Waals surface area (Å²) in [6.07, 6.45) is 3.64. The van der Waals surface area contributed by atoms with Crippen molar-refractivity contribution in [3.8, 4) is 5.75 Å². The van der Waals surface area contributed by atoms with Crippen LogP contribution in [0.2, 0.25) is 0 Å². The van der Waals surface area contributed by atoms with Gasteiger partial charge >= 0.3 is 0 Å². The molecule has 1 aromatic rings. The van der Waals surface area contributed by atoms with Crippen LogP contribution in [-0.4, -0.2) is 37.2 Å². The number of nitrogens with zero attached hydrogens (tertiary/aromatic N) is 1. The first-order valence-electron chi connectivity index (χ1n) is 7.82. The zero-order chi connectivity index (χ0) is 14.4. The average Bonchev–Trinajstić information content (AvgIpc) is 2.45. The zero-order valence-electron chi connectivity index (χ0n) is 12.8. The van der Waals surface area contributed by atoms with Crippen LogP contribution in [0.1, 0.15) is 31.7 Å². The Bertz CT molecular complexity index is 408. The SMILES string of the molecule is Cc1cccc(OCCCN2CC(CN)CCC2C)c1. The van der Waals surface area contributed by atoms with Crippen LogP contribution in [0.5, 0.6) is 5.75 Å². The van der Waals surface area contributed by atoms with Crippen molar-refractivity contribution in [2.24, 2.45) is 11.7 Å². The van der Waals surface area contributed by atoms with E-state index in [-0.39, 0.29) is 0 Å². The molecule has 1 aromatic carbocycles. The molecule has 0 radical (unpaired) electrons. The average molecular weight is 276 g/mol. The molecule has 1 fully saturated rings. The van der Waals surface area contributed by atoms with Crippen molar-refractivity contribution in [3.05, 3.63) is 29.8 Å². The third-order valence-corrected chi connectivity index (χ3v) is 4.29. The molecule has 0 amide bonds. The normalized spacial score (nSPS) is 23.8. The highest BCUT2D eigenvalue weighted by Crippen LogP contribution is 2.21. The van der Waals surface area contributed by atoms with E-state index in [1.54, 1.807) is 0 Å². The van der Waals surface area contributed by atoms with Crippen LogP contribution in [0.25, 0.3) is 0 Å². The number of benzene rings is 1. The smallest absolute Gasteiger partial charge is 0.119 e. The van der Waals surface area contributed by atoms with E-state index in [0.29, 0.717) is 12.0 Å². The summed E-state index contributed by atoms with van der Waals surface area (Å²) in [4.78, 5) is 2.57. The predicted octanol–water partition coefficient (Wildman–Crippen LogP) is 2.82. The third-order valence-electron chi connectivity index (χ3n) is 4.29. The second-order valence-electron chi connectivity index (χ2n) is 6.04. The number of hydrogen-bond acceptors (Lipinski definition) is 3. The molecule has 1 aliphatic rings. The van der Waals surface area contributed by atoms with Gasteiger partial charge in [0.05, 0.1) is 6.61 Å². The van der Waals surface area contributed by atoms with Gasteiger partial charge in [0.25, 0.3) is 0 Å². The fourth-order valence-corrected chi connectivity index (χ4v) is 2.93. The molecular formula is C17H28N2O. The van der Waals surface area contributed by atoms with Gasteiger partial charge in [-0.15, -0.1) is 0 Å². The van der Waals surface area contributed by atoms with E-state index < -0.39 is 0 Å². The number of aryl methyl sites for hydroxylation is 1. The maximum Gasteiger partial charge on any atom is 0.119 e. The Morgan fingerprint density at radius 1 is 1.35 bits per heavy atom. The Morgan fingerprint density at radius 3 is 2.95 bits per heavy atom. The van der Waals surface area contributed by atoms with Gasteiger partial charge < -0.3 is 15.4 Å². The molecule has 2 N–H and O–H groups in total. The quantitative estimate of drug-likeness (QED) is 0.812. The highest BCUT2D eigenvalue weighted by Gasteiger charge is 2.23. The summed E-state index contributed by atoms with van der Waals surface area (Å²) in [6, 6.07) is 8.95. The van der Waals surface area contributed by atoms with Crippen LogP contribution in [0.4, 0.5) is 0 Å². The Morgan fingerprint density at radius 2 is 2.20 bits per heavy atom. The van der Waals surface area contributed by atoms with Gasteiger partial charge in [0.1, 0.15) is 5.75 Å². The third kappa shape index (κ3) is 4.50. The molecule has 1 heterocycles. The fourth-order valence-electron chi connectivity index (χ4n) is 2.93. The molecule has 0 bridgehead atoms. The standard InChI is InChI=1S/C17H28N2O/c1-14-5-3-6-17(11-14)20-10-4-9-19-13-16(12-18)8-7-15(19)2/h3,5-6,11,15-16H,4,7-10,12-13,18H2,1-2H3. The van der Waals surface area contributed by atoms with E-state index in [0.717, 1.165) is 38.4 Å². The number of ether oxygens (including phenoxy) is 1. The number of likely N-dealkylation sites (tertiary alicyclic amines) is 1. The minimum atomic E-state index is 0.684. The van der Waals surface area contributed by atoms with Gasteiger partial charge in [0, 0.05) is 19.1 Å². The molecule has 2 rings (SSSR count). The van der Waals surface area contributed by atoms with E-state index in [9.17, 15) is 0 Å². The zero-order valence-corrected chi connectivity index (χ0v) is 12.8. The lowest BCUT2D eigenvalue weighted by Gasteiger charge is -2.37. The Hall–Kier alpha value is -1.06. The van der Waals surface area contributed by atoms with Crippen molar-refractivity contribution >= 4 is 0 Å². The van der Waals surface area contributed by atoms with E-state index >= 15 is 0 Å². The Labute approximate surface area is 123 Å². The lowest BCUT2D eigenvalue weighted by atomic mass is 9.93.